The van der Waals surface area contributed by atoms with E-state index < -0.39 is 5.24 Å². The van der Waals surface area contributed by atoms with E-state index in [-0.39, 0.29) is 0 Å². The van der Waals surface area contributed by atoms with Gasteiger partial charge in [0.2, 0.25) is 5.24 Å². The molecular weight excluding hydrogens is 236 g/mol. The molecule has 0 bridgehead atoms. The van der Waals surface area contributed by atoms with Gasteiger partial charge in [0.25, 0.3) is 0 Å². The van der Waals surface area contributed by atoms with Gasteiger partial charge in [-0.3, -0.25) is 4.79 Å². The maximum absolute atomic E-state index is 10.6. The molecule has 0 saturated carbocycles. The largest absolute Gasteiger partial charge is 0.497 e. The zero-order chi connectivity index (χ0) is 12.3. The summed E-state index contributed by atoms with van der Waals surface area (Å²) < 4.78 is 5.16. The summed E-state index contributed by atoms with van der Waals surface area (Å²) >= 11 is 5.24. The average Bonchev–Trinajstić information content (AvgIpc) is 2.35. The quantitative estimate of drug-likeness (QED) is 0.611. The number of hydrogen-bond donors (Lipinski definition) is 0. The minimum absolute atomic E-state index is 0.472. The van der Waals surface area contributed by atoms with Crippen LogP contribution in [-0.2, 0) is 4.79 Å². The average molecular weight is 247 g/mol. The van der Waals surface area contributed by atoms with Crippen LogP contribution in [0.25, 0.3) is 16.8 Å². The van der Waals surface area contributed by atoms with Crippen LogP contribution in [0.4, 0.5) is 0 Å². The van der Waals surface area contributed by atoms with Crippen molar-refractivity contribution in [2.75, 3.05) is 7.11 Å². The van der Waals surface area contributed by atoms with Gasteiger partial charge in [-0.25, -0.2) is 0 Å². The summed E-state index contributed by atoms with van der Waals surface area (Å²) in [6.07, 6.45) is 3.03. The van der Waals surface area contributed by atoms with Crippen molar-refractivity contribution in [3.05, 3.63) is 48.0 Å². The molecule has 86 valence electrons. The van der Waals surface area contributed by atoms with E-state index >= 15 is 0 Å². The van der Waals surface area contributed by atoms with Crippen molar-refractivity contribution in [1.82, 2.24) is 0 Å². The lowest BCUT2D eigenvalue weighted by atomic mass is 10.1. The van der Waals surface area contributed by atoms with Crippen molar-refractivity contribution in [1.29, 1.82) is 0 Å². The van der Waals surface area contributed by atoms with Crippen LogP contribution in [-0.4, -0.2) is 12.4 Å². The molecule has 3 heteroatoms. The second kappa shape index (κ2) is 5.02. The van der Waals surface area contributed by atoms with Crippen molar-refractivity contribution >= 4 is 33.7 Å². The fourth-order valence-corrected chi connectivity index (χ4v) is 1.70. The Bertz CT molecular complexity index is 588. The second-order valence-corrected chi connectivity index (χ2v) is 3.98. The van der Waals surface area contributed by atoms with E-state index in [1.807, 2.05) is 36.4 Å². The third kappa shape index (κ3) is 2.86. The Labute approximate surface area is 104 Å². The van der Waals surface area contributed by atoms with Crippen molar-refractivity contribution in [3.63, 3.8) is 0 Å². The number of fused-ring (bicyclic) bond motifs is 1. The van der Waals surface area contributed by atoms with Gasteiger partial charge in [-0.2, -0.15) is 0 Å². The van der Waals surface area contributed by atoms with Crippen LogP contribution in [0.2, 0.25) is 0 Å². The van der Waals surface area contributed by atoms with Crippen molar-refractivity contribution in [2.45, 2.75) is 0 Å². The summed E-state index contributed by atoms with van der Waals surface area (Å²) in [6.45, 7) is 0. The fraction of sp³-hybridized carbons (Fsp3) is 0.0714. The molecular formula is C14H11ClO2. The summed E-state index contributed by atoms with van der Waals surface area (Å²) in [7, 11) is 1.64. The van der Waals surface area contributed by atoms with Crippen LogP contribution >= 0.6 is 11.6 Å². The van der Waals surface area contributed by atoms with Crippen LogP contribution in [0.3, 0.4) is 0 Å². The third-order valence-corrected chi connectivity index (χ3v) is 2.60. The Hall–Kier alpha value is -1.80. The monoisotopic (exact) mass is 246 g/mol. The lowest BCUT2D eigenvalue weighted by molar-refractivity contribution is -0.107. The van der Waals surface area contributed by atoms with E-state index in [2.05, 4.69) is 0 Å². The number of methoxy groups -OCH3 is 1. The molecule has 0 aliphatic rings. The SMILES string of the molecule is COc1ccc2cc(C=CC(=O)Cl)ccc2c1. The molecule has 0 aliphatic carbocycles. The number of allylic oxidation sites excluding steroid dienone is 1. The number of hydrogen-bond acceptors (Lipinski definition) is 2. The van der Waals surface area contributed by atoms with E-state index in [4.69, 9.17) is 16.3 Å². The van der Waals surface area contributed by atoms with Crippen LogP contribution in [0.1, 0.15) is 5.56 Å². The molecule has 0 aromatic heterocycles. The Kier molecular flexibility index (Phi) is 3.45. The topological polar surface area (TPSA) is 26.3 Å². The highest BCUT2D eigenvalue weighted by Gasteiger charge is 1.97. The molecule has 2 nitrogen and oxygen atoms in total. The number of carbonyl (C=O) groups excluding carboxylic acids is 1. The second-order valence-electron chi connectivity index (χ2n) is 3.61. The van der Waals surface area contributed by atoms with E-state index in [1.54, 1.807) is 13.2 Å². The van der Waals surface area contributed by atoms with Crippen molar-refractivity contribution in [3.8, 4) is 5.75 Å². The molecule has 0 radical (unpaired) electrons. The van der Waals surface area contributed by atoms with Crippen LogP contribution in [0, 0.1) is 0 Å². The number of benzene rings is 2. The Morgan fingerprint density at radius 1 is 1.18 bits per heavy atom. The minimum Gasteiger partial charge on any atom is -0.497 e. The van der Waals surface area contributed by atoms with Gasteiger partial charge in [0, 0.05) is 0 Å². The summed E-state index contributed by atoms with van der Waals surface area (Å²) in [5, 5.41) is 1.72. The molecule has 17 heavy (non-hydrogen) atoms. The van der Waals surface area contributed by atoms with Gasteiger partial charge >= 0.3 is 0 Å². The number of rotatable bonds is 3. The van der Waals surface area contributed by atoms with Gasteiger partial charge in [-0.05, 0) is 52.2 Å². The number of halogens is 1. The first-order valence-corrected chi connectivity index (χ1v) is 5.52. The van der Waals surface area contributed by atoms with E-state index in [1.165, 1.54) is 6.08 Å². The molecule has 0 spiro atoms. The van der Waals surface area contributed by atoms with Crippen LogP contribution in [0.5, 0.6) is 5.75 Å². The summed E-state index contributed by atoms with van der Waals surface area (Å²) in [4.78, 5) is 10.6. The molecule has 0 amide bonds. The fourth-order valence-electron chi connectivity index (χ4n) is 1.63. The molecule has 0 saturated heterocycles. The van der Waals surface area contributed by atoms with Gasteiger partial charge in [-0.15, -0.1) is 0 Å². The first kappa shape index (κ1) is 11.7. The predicted molar refractivity (Wildman–Crippen MR) is 70.4 cm³/mol. The van der Waals surface area contributed by atoms with Gasteiger partial charge in [0.15, 0.2) is 0 Å². The molecule has 0 heterocycles. The lowest BCUT2D eigenvalue weighted by Gasteiger charge is -2.03. The normalized spacial score (nSPS) is 10.9. The molecule has 0 N–H and O–H groups in total. The van der Waals surface area contributed by atoms with E-state index in [0.29, 0.717) is 0 Å². The molecule has 2 rings (SSSR count). The van der Waals surface area contributed by atoms with E-state index in [9.17, 15) is 4.79 Å². The first-order chi connectivity index (χ1) is 8.19. The highest BCUT2D eigenvalue weighted by molar-refractivity contribution is 6.66. The molecule has 0 atom stereocenters. The van der Waals surface area contributed by atoms with Crippen LogP contribution in [0.15, 0.2) is 42.5 Å². The minimum atomic E-state index is -0.472. The van der Waals surface area contributed by atoms with Gasteiger partial charge < -0.3 is 4.74 Å². The Morgan fingerprint density at radius 3 is 2.59 bits per heavy atom. The predicted octanol–water partition coefficient (Wildman–Crippen LogP) is 3.63. The van der Waals surface area contributed by atoms with Gasteiger partial charge in [0.05, 0.1) is 7.11 Å². The molecule has 2 aromatic carbocycles. The van der Waals surface area contributed by atoms with Gasteiger partial charge in [0.1, 0.15) is 5.75 Å². The molecule has 0 unspecified atom stereocenters. The standard InChI is InChI=1S/C14H11ClO2/c1-17-13-6-5-11-8-10(3-7-14(15)16)2-4-12(11)9-13/h2-9H,1H3. The zero-order valence-electron chi connectivity index (χ0n) is 9.31. The molecule has 0 fully saturated rings. The first-order valence-electron chi connectivity index (χ1n) is 5.14. The number of carbonyl (C=O) groups is 1. The maximum Gasteiger partial charge on any atom is 0.245 e. The zero-order valence-corrected chi connectivity index (χ0v) is 10.1. The smallest absolute Gasteiger partial charge is 0.245 e. The van der Waals surface area contributed by atoms with Crippen molar-refractivity contribution in [2.24, 2.45) is 0 Å². The molecule has 2 aromatic rings. The summed E-state index contributed by atoms with van der Waals surface area (Å²) in [5.41, 5.74) is 0.941. The van der Waals surface area contributed by atoms with Crippen LogP contribution < -0.4 is 4.74 Å². The van der Waals surface area contributed by atoms with E-state index in [0.717, 1.165) is 22.1 Å². The Balaban J connectivity index is 2.41. The molecule has 0 aliphatic heterocycles. The highest BCUT2D eigenvalue weighted by Crippen LogP contribution is 2.22. The number of ether oxygens (including phenoxy) is 1. The maximum atomic E-state index is 10.6. The Morgan fingerprint density at radius 2 is 1.88 bits per heavy atom. The van der Waals surface area contributed by atoms with Crippen molar-refractivity contribution < 1.29 is 9.53 Å². The summed E-state index contributed by atoms with van der Waals surface area (Å²) in [6, 6.07) is 11.8. The lowest BCUT2D eigenvalue weighted by Crippen LogP contribution is -1.83. The third-order valence-electron chi connectivity index (χ3n) is 2.48. The highest BCUT2D eigenvalue weighted by atomic mass is 35.5. The van der Waals surface area contributed by atoms with Gasteiger partial charge in [-0.1, -0.05) is 24.3 Å². The summed E-state index contributed by atoms with van der Waals surface area (Å²) in [5.74, 6) is 0.830.